The molecule has 30 heavy (non-hydrogen) atoms. The lowest BCUT2D eigenvalue weighted by atomic mass is 10.1. The number of thiophene rings is 1. The predicted molar refractivity (Wildman–Crippen MR) is 117 cm³/mol. The van der Waals surface area contributed by atoms with Crippen LogP contribution in [0.5, 0.6) is 0 Å². The van der Waals surface area contributed by atoms with Crippen LogP contribution in [0.3, 0.4) is 0 Å². The number of morpholine rings is 1. The van der Waals surface area contributed by atoms with Gasteiger partial charge in [0.25, 0.3) is 0 Å². The Morgan fingerprint density at radius 1 is 1.23 bits per heavy atom. The van der Waals surface area contributed by atoms with Gasteiger partial charge in [0.1, 0.15) is 0 Å². The van der Waals surface area contributed by atoms with E-state index in [1.807, 2.05) is 6.92 Å². The molecule has 1 aromatic carbocycles. The molecule has 3 heterocycles. The van der Waals surface area contributed by atoms with Crippen molar-refractivity contribution in [2.24, 2.45) is 0 Å². The van der Waals surface area contributed by atoms with Gasteiger partial charge in [0, 0.05) is 24.8 Å². The first-order valence-electron chi connectivity index (χ1n) is 10.2. The lowest BCUT2D eigenvalue weighted by molar-refractivity contribution is -0.121. The van der Waals surface area contributed by atoms with Gasteiger partial charge in [-0.25, -0.2) is 8.42 Å². The van der Waals surface area contributed by atoms with Gasteiger partial charge in [-0.05, 0) is 66.9 Å². The van der Waals surface area contributed by atoms with Crippen LogP contribution in [-0.2, 0) is 19.6 Å². The van der Waals surface area contributed by atoms with Gasteiger partial charge in [-0.1, -0.05) is 6.07 Å². The number of carbonyl (C=O) groups excluding carboxylic acids is 1. The molecule has 7 nitrogen and oxygen atoms in total. The summed E-state index contributed by atoms with van der Waals surface area (Å²) in [5, 5.41) is 7.13. The molecule has 0 radical (unpaired) electrons. The van der Waals surface area contributed by atoms with Crippen molar-refractivity contribution in [3.8, 4) is 0 Å². The lowest BCUT2D eigenvalue weighted by Gasteiger charge is -2.29. The Balaban J connectivity index is 1.46. The first kappa shape index (κ1) is 21.5. The van der Waals surface area contributed by atoms with Crippen molar-refractivity contribution >= 4 is 33.0 Å². The Kier molecular flexibility index (Phi) is 6.54. The minimum atomic E-state index is -3.60. The highest BCUT2D eigenvalue weighted by molar-refractivity contribution is 7.89. The van der Waals surface area contributed by atoms with E-state index in [9.17, 15) is 13.2 Å². The van der Waals surface area contributed by atoms with Crippen molar-refractivity contribution in [2.75, 3.05) is 38.2 Å². The number of hydrogen-bond donors (Lipinski definition) is 1. The second-order valence-electron chi connectivity index (χ2n) is 7.66. The van der Waals surface area contributed by atoms with E-state index in [1.165, 1.54) is 15.9 Å². The summed E-state index contributed by atoms with van der Waals surface area (Å²) in [7, 11) is -3.60. The highest BCUT2D eigenvalue weighted by Gasteiger charge is 2.33. The molecule has 2 aliphatic rings. The van der Waals surface area contributed by atoms with E-state index >= 15 is 0 Å². The molecule has 1 amide bonds. The Labute approximate surface area is 181 Å². The van der Waals surface area contributed by atoms with Gasteiger partial charge in [-0.15, -0.1) is 0 Å². The molecule has 162 valence electrons. The van der Waals surface area contributed by atoms with Crippen LogP contribution in [0.25, 0.3) is 0 Å². The Hall–Kier alpha value is -1.78. The molecular formula is C21H27N3O4S2. The topological polar surface area (TPSA) is 79.0 Å². The van der Waals surface area contributed by atoms with Crippen LogP contribution in [0, 0.1) is 0 Å². The van der Waals surface area contributed by atoms with E-state index in [-0.39, 0.29) is 22.9 Å². The lowest BCUT2D eigenvalue weighted by Crippen LogP contribution is -2.41. The monoisotopic (exact) mass is 449 g/mol. The zero-order valence-electron chi connectivity index (χ0n) is 17.0. The normalized spacial score (nSPS) is 22.1. The fraction of sp³-hybridized carbons (Fsp3) is 0.476. The van der Waals surface area contributed by atoms with Crippen molar-refractivity contribution < 1.29 is 17.9 Å². The average molecular weight is 450 g/mol. The highest BCUT2D eigenvalue weighted by atomic mass is 32.2. The van der Waals surface area contributed by atoms with Gasteiger partial charge in [-0.3, -0.25) is 9.69 Å². The van der Waals surface area contributed by atoms with Crippen LogP contribution in [0.1, 0.15) is 31.4 Å². The number of nitrogens with zero attached hydrogens (tertiary/aromatic N) is 2. The number of likely N-dealkylation sites (tertiary alicyclic amines) is 1. The first-order valence-corrected chi connectivity index (χ1v) is 12.6. The summed E-state index contributed by atoms with van der Waals surface area (Å²) in [6.07, 6.45) is 2.10. The van der Waals surface area contributed by atoms with Crippen molar-refractivity contribution in [1.82, 2.24) is 9.21 Å². The molecule has 0 unspecified atom stereocenters. The van der Waals surface area contributed by atoms with Gasteiger partial charge in [0.05, 0.1) is 24.2 Å². The Morgan fingerprint density at radius 2 is 2.03 bits per heavy atom. The molecule has 0 bridgehead atoms. The predicted octanol–water partition coefficient (Wildman–Crippen LogP) is 2.93. The second-order valence-corrected chi connectivity index (χ2v) is 10.4. The molecule has 0 saturated carbocycles. The maximum Gasteiger partial charge on any atom is 0.243 e. The molecular weight excluding hydrogens is 422 g/mol. The zero-order valence-corrected chi connectivity index (χ0v) is 18.6. The molecule has 2 aliphatic heterocycles. The molecule has 4 rings (SSSR count). The molecule has 2 saturated heterocycles. The molecule has 9 heteroatoms. The number of rotatable bonds is 6. The summed E-state index contributed by atoms with van der Waals surface area (Å²) in [5.41, 5.74) is 1.75. The van der Waals surface area contributed by atoms with Gasteiger partial charge >= 0.3 is 0 Å². The average Bonchev–Trinajstić information content (AvgIpc) is 3.45. The number of hydrogen-bond acceptors (Lipinski definition) is 6. The third-order valence-electron chi connectivity index (χ3n) is 5.81. The highest BCUT2D eigenvalue weighted by Crippen LogP contribution is 2.34. The third kappa shape index (κ3) is 4.45. The van der Waals surface area contributed by atoms with Crippen LogP contribution in [0.4, 0.5) is 5.69 Å². The van der Waals surface area contributed by atoms with Gasteiger partial charge in [0.2, 0.25) is 15.9 Å². The Morgan fingerprint density at radius 3 is 2.77 bits per heavy atom. The molecule has 0 aliphatic carbocycles. The van der Waals surface area contributed by atoms with Crippen LogP contribution < -0.4 is 5.32 Å². The molecule has 0 spiro atoms. The molecule has 1 N–H and O–H groups in total. The molecule has 2 fully saturated rings. The maximum absolute atomic E-state index is 13.0. The smallest absolute Gasteiger partial charge is 0.243 e. The van der Waals surface area contributed by atoms with E-state index in [0.29, 0.717) is 32.0 Å². The second kappa shape index (κ2) is 9.15. The summed E-state index contributed by atoms with van der Waals surface area (Å²) in [6, 6.07) is 8.56. The standard InChI is InChI=1S/C21H27N3O4S2/c1-16(24-8-3-6-20(24)17-7-13-29-15-17)21(25)22-18-4-2-5-19(14-18)30(26,27)23-9-11-28-12-10-23/h2,4-5,7,13-16,20H,3,6,8-12H2,1H3,(H,22,25)/t16-,20-/m1/s1. The minimum absolute atomic E-state index is 0.127. The van der Waals surface area contributed by atoms with E-state index in [2.05, 4.69) is 27.0 Å². The van der Waals surface area contributed by atoms with Crippen molar-refractivity contribution in [2.45, 2.75) is 36.7 Å². The van der Waals surface area contributed by atoms with Crippen LogP contribution in [-0.4, -0.2) is 62.4 Å². The summed E-state index contributed by atoms with van der Waals surface area (Å²) >= 11 is 1.67. The summed E-state index contributed by atoms with van der Waals surface area (Å²) in [6.45, 7) is 4.27. The third-order valence-corrected chi connectivity index (χ3v) is 8.40. The van der Waals surface area contributed by atoms with E-state index in [4.69, 9.17) is 4.74 Å². The number of anilines is 1. The fourth-order valence-corrected chi connectivity index (χ4v) is 6.30. The van der Waals surface area contributed by atoms with Crippen LogP contribution in [0.2, 0.25) is 0 Å². The van der Waals surface area contributed by atoms with Gasteiger partial charge in [0.15, 0.2) is 0 Å². The van der Waals surface area contributed by atoms with Crippen molar-refractivity contribution in [1.29, 1.82) is 0 Å². The largest absolute Gasteiger partial charge is 0.379 e. The van der Waals surface area contributed by atoms with E-state index < -0.39 is 10.0 Å². The maximum atomic E-state index is 13.0. The fourth-order valence-electron chi connectivity index (χ4n) is 4.14. The molecule has 2 aromatic rings. The van der Waals surface area contributed by atoms with Crippen LogP contribution >= 0.6 is 11.3 Å². The van der Waals surface area contributed by atoms with E-state index in [0.717, 1.165) is 19.4 Å². The Bertz CT molecular complexity index is 972. The number of carbonyl (C=O) groups is 1. The summed E-state index contributed by atoms with van der Waals surface area (Å²) in [5.74, 6) is -0.127. The summed E-state index contributed by atoms with van der Waals surface area (Å²) in [4.78, 5) is 15.4. The molecule has 1 aromatic heterocycles. The van der Waals surface area contributed by atoms with Crippen molar-refractivity contribution in [3.63, 3.8) is 0 Å². The number of ether oxygens (including phenoxy) is 1. The minimum Gasteiger partial charge on any atom is -0.379 e. The molecule has 2 atom stereocenters. The summed E-state index contributed by atoms with van der Waals surface area (Å²) < 4.78 is 32.5. The van der Waals surface area contributed by atoms with E-state index in [1.54, 1.807) is 29.5 Å². The number of amides is 1. The van der Waals surface area contributed by atoms with Crippen molar-refractivity contribution in [3.05, 3.63) is 46.7 Å². The van der Waals surface area contributed by atoms with Crippen LogP contribution in [0.15, 0.2) is 46.0 Å². The van der Waals surface area contributed by atoms with Gasteiger partial charge < -0.3 is 10.1 Å². The van der Waals surface area contributed by atoms with Gasteiger partial charge in [-0.2, -0.15) is 15.6 Å². The first-order chi connectivity index (χ1) is 14.5. The number of benzene rings is 1. The number of nitrogens with one attached hydrogen (secondary N) is 1. The number of sulfonamides is 1. The SMILES string of the molecule is C[C@H](C(=O)Nc1cccc(S(=O)(=O)N2CCOCC2)c1)N1CCC[C@@H]1c1ccsc1. The zero-order chi connectivity index (χ0) is 21.1. The quantitative estimate of drug-likeness (QED) is 0.734.